The van der Waals surface area contributed by atoms with E-state index in [-0.39, 0.29) is 25.9 Å². The summed E-state index contributed by atoms with van der Waals surface area (Å²) in [5, 5.41) is 9.78. The zero-order valence-corrected chi connectivity index (χ0v) is 46.0. The zero-order chi connectivity index (χ0) is 52.7. The van der Waals surface area contributed by atoms with Crippen molar-refractivity contribution < 1.29 is 52.2 Å². The summed E-state index contributed by atoms with van der Waals surface area (Å²) < 4.78 is 39.3. The van der Waals surface area contributed by atoms with E-state index in [1.807, 2.05) is 18.2 Å². The maximum absolute atomic E-state index is 12.9. The van der Waals surface area contributed by atoms with Crippen LogP contribution in [0.5, 0.6) is 0 Å². The molecular weight excluding hydrogens is 928 g/mol. The maximum Gasteiger partial charge on any atom is 0.472 e. The normalized spacial score (nSPS) is 14.2. The number of carbonyl (C=O) groups is 3. The summed E-state index contributed by atoms with van der Waals surface area (Å²) in [7, 11) is -4.78. The van der Waals surface area contributed by atoms with Gasteiger partial charge < -0.3 is 24.2 Å². The molecule has 0 aliphatic rings. The smallest absolute Gasteiger partial charge is 0.462 e. The Bertz CT molecular complexity index is 1620. The molecule has 0 heterocycles. The Hall–Kier alpha value is -3.86. The predicted octanol–water partition coefficient (Wildman–Crippen LogP) is 16.2. The van der Waals surface area contributed by atoms with E-state index >= 15 is 0 Å². The first-order chi connectivity index (χ1) is 35.2. The average Bonchev–Trinajstić information content (AvgIpc) is 3.37. The van der Waals surface area contributed by atoms with Gasteiger partial charge in [-0.25, -0.2) is 4.57 Å². The Kier molecular flexibility index (Phi) is 50.6. The lowest BCUT2D eigenvalue weighted by Gasteiger charge is -2.21. The second kappa shape index (κ2) is 53.4. The number of hydrogen-bond acceptors (Lipinski definition) is 10. The molecule has 0 amide bonds. The lowest BCUT2D eigenvalue weighted by Crippen LogP contribution is -2.30. The number of allylic oxidation sites excluding steroid dienone is 18. The van der Waals surface area contributed by atoms with Crippen molar-refractivity contribution in [2.24, 2.45) is 0 Å². The fraction of sp³-hybridized carbons (Fsp3) is 0.650. The Balaban J connectivity index is 4.84. The number of esters is 3. The lowest BCUT2D eigenvalue weighted by molar-refractivity contribution is -0.161. The van der Waals surface area contributed by atoms with Crippen LogP contribution in [0.25, 0.3) is 0 Å². The van der Waals surface area contributed by atoms with Gasteiger partial charge in [0.25, 0.3) is 0 Å². The molecule has 0 aromatic heterocycles. The van der Waals surface area contributed by atoms with Crippen LogP contribution in [0.1, 0.15) is 213 Å². The third-order valence-corrected chi connectivity index (χ3v) is 12.1. The molecule has 0 radical (unpaired) electrons. The van der Waals surface area contributed by atoms with Gasteiger partial charge in [-0.1, -0.05) is 194 Å². The molecule has 0 rings (SSSR count). The molecule has 0 aliphatic heterocycles. The van der Waals surface area contributed by atoms with Crippen LogP contribution < -0.4 is 0 Å². The van der Waals surface area contributed by atoms with E-state index in [1.165, 1.54) is 25.7 Å². The van der Waals surface area contributed by atoms with Crippen LogP contribution in [0.15, 0.2) is 109 Å². The summed E-state index contributed by atoms with van der Waals surface area (Å²) in [5.41, 5.74) is 0. The highest BCUT2D eigenvalue weighted by molar-refractivity contribution is 7.47. The van der Waals surface area contributed by atoms with Gasteiger partial charge in [0.1, 0.15) is 12.7 Å². The molecule has 0 saturated carbocycles. The molecule has 2 N–H and O–H groups in total. The number of hydrogen-bond donors (Lipinski definition) is 2. The van der Waals surface area contributed by atoms with E-state index in [0.29, 0.717) is 19.3 Å². The molecule has 0 aromatic rings. The molecular formula is C60H99O11P. The minimum Gasteiger partial charge on any atom is -0.462 e. The van der Waals surface area contributed by atoms with Crippen LogP contribution in [-0.4, -0.2) is 66.5 Å². The predicted molar refractivity (Wildman–Crippen MR) is 297 cm³/mol. The molecule has 3 unspecified atom stereocenters. The van der Waals surface area contributed by atoms with Gasteiger partial charge in [-0.3, -0.25) is 23.4 Å². The van der Waals surface area contributed by atoms with Crippen molar-refractivity contribution in [3.63, 3.8) is 0 Å². The van der Waals surface area contributed by atoms with Crippen molar-refractivity contribution in [3.8, 4) is 0 Å². The third kappa shape index (κ3) is 51.1. The monoisotopic (exact) mass is 1030 g/mol. The fourth-order valence-corrected chi connectivity index (χ4v) is 7.73. The first-order valence-corrected chi connectivity index (χ1v) is 29.3. The summed E-state index contributed by atoms with van der Waals surface area (Å²) >= 11 is 0. The molecule has 11 nitrogen and oxygen atoms in total. The highest BCUT2D eigenvalue weighted by Crippen LogP contribution is 2.43. The minimum absolute atomic E-state index is 0.0492. The Morgan fingerprint density at radius 2 is 0.778 bits per heavy atom. The van der Waals surface area contributed by atoms with Gasteiger partial charge in [0.05, 0.1) is 19.8 Å². The molecule has 0 bridgehead atoms. The summed E-state index contributed by atoms with van der Waals surface area (Å²) in [4.78, 5) is 48.4. The summed E-state index contributed by atoms with van der Waals surface area (Å²) in [6.45, 7) is 4.30. The first-order valence-electron chi connectivity index (χ1n) is 27.8. The molecule has 72 heavy (non-hydrogen) atoms. The Labute approximate surface area is 437 Å². The molecule has 3 atom stereocenters. The summed E-state index contributed by atoms with van der Waals surface area (Å²) in [5.74, 6) is -1.59. The van der Waals surface area contributed by atoms with Gasteiger partial charge in [0, 0.05) is 19.3 Å². The largest absolute Gasteiger partial charge is 0.472 e. The van der Waals surface area contributed by atoms with Crippen LogP contribution in [0, 0.1) is 0 Å². The van der Waals surface area contributed by atoms with Gasteiger partial charge in [0.15, 0.2) is 6.10 Å². The SMILES string of the molecule is CC/C=C\C/C=C\C/C=C\C/C=C\CCC(=O)OC(CO)COP(=O)(O)OCC(COC(=O)CCCCCCC/C=C\C/C=C\CCC)OC(=O)CCCCCCCC/C=C\C/C=C\C/C=C\CCCCC. The van der Waals surface area contributed by atoms with Crippen molar-refractivity contribution in [2.45, 2.75) is 226 Å². The zero-order valence-electron chi connectivity index (χ0n) is 45.1. The number of phosphoric ester groups is 1. The molecule has 0 saturated heterocycles. The lowest BCUT2D eigenvalue weighted by atomic mass is 10.1. The number of carbonyl (C=O) groups excluding carboxylic acids is 3. The van der Waals surface area contributed by atoms with Crippen molar-refractivity contribution in [1.29, 1.82) is 0 Å². The second-order valence-electron chi connectivity index (χ2n) is 18.0. The minimum atomic E-state index is -4.78. The van der Waals surface area contributed by atoms with E-state index in [9.17, 15) is 28.9 Å². The Morgan fingerprint density at radius 3 is 1.25 bits per heavy atom. The van der Waals surface area contributed by atoms with Crippen molar-refractivity contribution in [2.75, 3.05) is 26.4 Å². The van der Waals surface area contributed by atoms with E-state index in [1.54, 1.807) is 0 Å². The molecule has 0 aromatic carbocycles. The van der Waals surface area contributed by atoms with E-state index in [4.69, 9.17) is 23.3 Å². The second-order valence-corrected chi connectivity index (χ2v) is 19.5. The number of phosphoric acid groups is 1. The summed E-state index contributed by atoms with van der Waals surface area (Å²) in [6.07, 6.45) is 63.5. The van der Waals surface area contributed by atoms with Gasteiger partial charge >= 0.3 is 25.7 Å². The number of rotatable bonds is 50. The summed E-state index contributed by atoms with van der Waals surface area (Å²) in [6, 6.07) is 0. The van der Waals surface area contributed by atoms with Crippen LogP contribution in [-0.2, 0) is 42.2 Å². The van der Waals surface area contributed by atoms with Gasteiger partial charge in [-0.2, -0.15) is 0 Å². The van der Waals surface area contributed by atoms with Gasteiger partial charge in [0.2, 0.25) is 0 Å². The van der Waals surface area contributed by atoms with Crippen LogP contribution >= 0.6 is 7.82 Å². The van der Waals surface area contributed by atoms with E-state index in [2.05, 4.69) is 112 Å². The third-order valence-electron chi connectivity index (χ3n) is 11.1. The average molecular weight is 1030 g/mol. The number of ether oxygens (including phenoxy) is 3. The molecule has 410 valence electrons. The van der Waals surface area contributed by atoms with Crippen LogP contribution in [0.4, 0.5) is 0 Å². The Morgan fingerprint density at radius 1 is 0.403 bits per heavy atom. The van der Waals surface area contributed by atoms with Crippen molar-refractivity contribution in [3.05, 3.63) is 109 Å². The topological polar surface area (TPSA) is 155 Å². The van der Waals surface area contributed by atoms with Gasteiger partial charge in [-0.05, 0) is 109 Å². The van der Waals surface area contributed by atoms with Crippen LogP contribution in [0.2, 0.25) is 0 Å². The van der Waals surface area contributed by atoms with Crippen molar-refractivity contribution >= 4 is 25.7 Å². The standard InChI is InChI=1S/C60H99O11P/c1-4-7-10-13-16-19-22-25-26-27-28-29-30-33-36-39-42-45-48-51-60(64)71-57(53-67-58(62)49-46-43-40-37-34-31-23-20-17-14-11-8-5-2)55-69-72(65,66)68-54-56(52-61)70-59(63)50-47-44-41-38-35-32-24-21-18-15-12-9-6-3/h9,11-12,14,16,18-21,23,25-26,28-29,32,35,41,44,56-57,61H,4-8,10,13,15,17,22,24,27,30-31,33-34,36-40,42-43,45-55H2,1-3H3,(H,65,66)/b12-9-,14-11-,19-16-,21-18-,23-20-,26-25-,29-28-,35-32-,44-41-. The highest BCUT2D eigenvalue weighted by Gasteiger charge is 2.28. The fourth-order valence-electron chi connectivity index (χ4n) is 6.94. The number of aliphatic hydroxyl groups excluding tert-OH is 1. The van der Waals surface area contributed by atoms with E-state index in [0.717, 1.165) is 128 Å². The van der Waals surface area contributed by atoms with E-state index < -0.39 is 57.8 Å². The van der Waals surface area contributed by atoms with Crippen molar-refractivity contribution in [1.82, 2.24) is 0 Å². The molecule has 0 fully saturated rings. The number of unbranched alkanes of at least 4 members (excludes halogenated alkanes) is 15. The first kappa shape index (κ1) is 68.1. The van der Waals surface area contributed by atoms with Crippen LogP contribution in [0.3, 0.4) is 0 Å². The maximum atomic E-state index is 12.9. The molecule has 0 spiro atoms. The quantitative estimate of drug-likeness (QED) is 0.0197. The number of aliphatic hydroxyl groups is 1. The molecule has 0 aliphatic carbocycles. The highest BCUT2D eigenvalue weighted by atomic mass is 31.2. The van der Waals surface area contributed by atoms with Gasteiger partial charge in [-0.15, -0.1) is 0 Å². The molecule has 12 heteroatoms.